The molecule has 0 spiro atoms. The molecule has 0 bridgehead atoms. The van der Waals surface area contributed by atoms with Gasteiger partial charge in [-0.3, -0.25) is 4.68 Å². The Hall–Kier alpha value is -0.960. The Morgan fingerprint density at radius 1 is 1.58 bits per heavy atom. The molecule has 19 heavy (non-hydrogen) atoms. The number of morpholine rings is 1. The maximum absolute atomic E-state index is 12.5. The van der Waals surface area contributed by atoms with Gasteiger partial charge in [0.2, 0.25) is 10.0 Å². The fraction of sp³-hybridized carbons (Fsp3) is 0.727. The van der Waals surface area contributed by atoms with Crippen molar-refractivity contribution >= 4 is 10.0 Å². The minimum atomic E-state index is -3.47. The normalized spacial score (nSPS) is 21.7. The Bertz CT molecular complexity index is 514. The van der Waals surface area contributed by atoms with Crippen molar-refractivity contribution in [2.75, 3.05) is 33.4 Å². The van der Waals surface area contributed by atoms with Crippen LogP contribution in [0.4, 0.5) is 0 Å². The van der Waals surface area contributed by atoms with Crippen molar-refractivity contribution in [3.63, 3.8) is 0 Å². The van der Waals surface area contributed by atoms with Crippen molar-refractivity contribution in [2.45, 2.75) is 24.4 Å². The van der Waals surface area contributed by atoms with Crippen LogP contribution in [0.2, 0.25) is 0 Å². The molecule has 0 aromatic carbocycles. The fourth-order valence-corrected chi connectivity index (χ4v) is 3.59. The van der Waals surface area contributed by atoms with E-state index in [2.05, 4.69) is 10.4 Å². The van der Waals surface area contributed by atoms with Gasteiger partial charge in [-0.15, -0.1) is 0 Å². The molecule has 1 unspecified atom stereocenters. The third kappa shape index (κ3) is 3.14. The zero-order valence-corrected chi connectivity index (χ0v) is 12.1. The van der Waals surface area contributed by atoms with Crippen LogP contribution in [0.3, 0.4) is 0 Å². The molecule has 2 heterocycles. The van der Waals surface area contributed by atoms with Gasteiger partial charge in [0.15, 0.2) is 0 Å². The van der Waals surface area contributed by atoms with E-state index in [1.54, 1.807) is 10.9 Å². The average Bonchev–Trinajstić information content (AvgIpc) is 2.86. The quantitative estimate of drug-likeness (QED) is 0.791. The monoisotopic (exact) mass is 288 g/mol. The lowest BCUT2D eigenvalue weighted by Crippen LogP contribution is -2.46. The lowest BCUT2D eigenvalue weighted by Gasteiger charge is -2.31. The van der Waals surface area contributed by atoms with Crippen LogP contribution in [0.15, 0.2) is 17.3 Å². The SMILES string of the molecule is CNCCn1cc(S(=O)(=O)N2CCOCC2C)cn1. The first kappa shape index (κ1) is 14.4. The average molecular weight is 288 g/mol. The number of rotatable bonds is 5. The molecule has 0 amide bonds. The maximum atomic E-state index is 12.5. The molecule has 1 aliphatic heterocycles. The van der Waals surface area contributed by atoms with Crippen LogP contribution in [0.25, 0.3) is 0 Å². The Balaban J connectivity index is 2.16. The number of nitrogens with zero attached hydrogens (tertiary/aromatic N) is 3. The van der Waals surface area contributed by atoms with Crippen LogP contribution in [-0.4, -0.2) is 61.9 Å². The minimum absolute atomic E-state index is 0.139. The first-order chi connectivity index (χ1) is 9.05. The number of ether oxygens (including phenoxy) is 1. The van der Waals surface area contributed by atoms with E-state index >= 15 is 0 Å². The van der Waals surface area contributed by atoms with Gasteiger partial charge < -0.3 is 10.1 Å². The Morgan fingerprint density at radius 3 is 3.05 bits per heavy atom. The summed E-state index contributed by atoms with van der Waals surface area (Å²) in [6, 6.07) is -0.139. The van der Waals surface area contributed by atoms with Crippen LogP contribution >= 0.6 is 0 Å². The summed E-state index contributed by atoms with van der Waals surface area (Å²) in [4.78, 5) is 0.248. The highest BCUT2D eigenvalue weighted by Gasteiger charge is 2.32. The highest BCUT2D eigenvalue weighted by atomic mass is 32.2. The van der Waals surface area contributed by atoms with Crippen LogP contribution in [0, 0.1) is 0 Å². The van der Waals surface area contributed by atoms with Gasteiger partial charge >= 0.3 is 0 Å². The molecule has 1 fully saturated rings. The van der Waals surface area contributed by atoms with Crippen LogP contribution in [0.1, 0.15) is 6.92 Å². The molecule has 2 rings (SSSR count). The number of nitrogens with one attached hydrogen (secondary N) is 1. The van der Waals surface area contributed by atoms with Gasteiger partial charge in [-0.25, -0.2) is 8.42 Å². The van der Waals surface area contributed by atoms with Crippen LogP contribution in [-0.2, 0) is 21.3 Å². The molecule has 108 valence electrons. The summed E-state index contributed by atoms with van der Waals surface area (Å²) < 4.78 is 33.4. The summed E-state index contributed by atoms with van der Waals surface area (Å²) in [5.74, 6) is 0. The minimum Gasteiger partial charge on any atom is -0.378 e. The van der Waals surface area contributed by atoms with E-state index in [-0.39, 0.29) is 10.9 Å². The largest absolute Gasteiger partial charge is 0.378 e. The van der Waals surface area contributed by atoms with E-state index in [1.165, 1.54) is 10.5 Å². The molecule has 1 saturated heterocycles. The topological polar surface area (TPSA) is 76.5 Å². The third-order valence-electron chi connectivity index (χ3n) is 3.11. The second kappa shape index (κ2) is 6.00. The maximum Gasteiger partial charge on any atom is 0.246 e. The van der Waals surface area contributed by atoms with Crippen LogP contribution in [0.5, 0.6) is 0 Å². The van der Waals surface area contributed by atoms with E-state index < -0.39 is 10.0 Å². The van der Waals surface area contributed by atoms with E-state index in [0.29, 0.717) is 26.3 Å². The van der Waals surface area contributed by atoms with Crippen molar-refractivity contribution in [1.29, 1.82) is 0 Å². The van der Waals surface area contributed by atoms with Gasteiger partial charge in [0, 0.05) is 25.3 Å². The second-order valence-corrected chi connectivity index (χ2v) is 6.47. The Labute approximate surface area is 113 Å². The molecule has 0 aliphatic carbocycles. The summed E-state index contributed by atoms with van der Waals surface area (Å²) >= 11 is 0. The summed E-state index contributed by atoms with van der Waals surface area (Å²) in [7, 11) is -1.62. The molecule has 1 aromatic rings. The van der Waals surface area contributed by atoms with E-state index in [0.717, 1.165) is 6.54 Å². The molecule has 0 saturated carbocycles. The summed E-state index contributed by atoms with van der Waals surface area (Å²) in [5, 5.41) is 7.08. The smallest absolute Gasteiger partial charge is 0.246 e. The summed E-state index contributed by atoms with van der Waals surface area (Å²) in [6.07, 6.45) is 2.99. The predicted molar refractivity (Wildman–Crippen MR) is 70.3 cm³/mol. The second-order valence-electron chi connectivity index (χ2n) is 4.58. The molecule has 8 heteroatoms. The number of hydrogen-bond acceptors (Lipinski definition) is 5. The molecule has 1 atom stereocenters. The first-order valence-electron chi connectivity index (χ1n) is 6.32. The number of aromatic nitrogens is 2. The molecule has 1 N–H and O–H groups in total. The third-order valence-corrected chi connectivity index (χ3v) is 5.08. The number of sulfonamides is 1. The van der Waals surface area contributed by atoms with Crippen molar-refractivity contribution in [3.8, 4) is 0 Å². The van der Waals surface area contributed by atoms with Gasteiger partial charge in [0.1, 0.15) is 4.90 Å². The number of hydrogen-bond donors (Lipinski definition) is 1. The zero-order valence-electron chi connectivity index (χ0n) is 11.2. The van der Waals surface area contributed by atoms with Gasteiger partial charge in [-0.05, 0) is 14.0 Å². The van der Waals surface area contributed by atoms with Gasteiger partial charge in [0.05, 0.1) is 26.0 Å². The van der Waals surface area contributed by atoms with Gasteiger partial charge in [-0.2, -0.15) is 9.40 Å². The van der Waals surface area contributed by atoms with Crippen molar-refractivity contribution in [2.24, 2.45) is 0 Å². The Kier molecular flexibility index (Phi) is 4.56. The molecular weight excluding hydrogens is 268 g/mol. The number of likely N-dealkylation sites (N-methyl/N-ethyl adjacent to an activating group) is 1. The van der Waals surface area contributed by atoms with Crippen LogP contribution < -0.4 is 5.32 Å². The highest BCUT2D eigenvalue weighted by Crippen LogP contribution is 2.19. The predicted octanol–water partition coefficient (Wildman–Crippen LogP) is -0.488. The van der Waals surface area contributed by atoms with Gasteiger partial charge in [-0.1, -0.05) is 0 Å². The van der Waals surface area contributed by atoms with E-state index in [9.17, 15) is 8.42 Å². The molecular formula is C11H20N4O3S. The standard InChI is InChI=1S/C11H20N4O3S/c1-10-9-18-6-5-15(10)19(16,17)11-7-13-14(8-11)4-3-12-2/h7-8,10,12H,3-6,9H2,1-2H3. The highest BCUT2D eigenvalue weighted by molar-refractivity contribution is 7.89. The van der Waals surface area contributed by atoms with E-state index in [1.807, 2.05) is 14.0 Å². The lowest BCUT2D eigenvalue weighted by molar-refractivity contribution is 0.0392. The van der Waals surface area contributed by atoms with Crippen molar-refractivity contribution in [1.82, 2.24) is 19.4 Å². The first-order valence-corrected chi connectivity index (χ1v) is 7.76. The van der Waals surface area contributed by atoms with Crippen molar-refractivity contribution < 1.29 is 13.2 Å². The summed E-state index contributed by atoms with van der Waals surface area (Å²) in [5.41, 5.74) is 0. The molecule has 1 aromatic heterocycles. The molecule has 1 aliphatic rings. The van der Waals surface area contributed by atoms with Gasteiger partial charge in [0.25, 0.3) is 0 Å². The van der Waals surface area contributed by atoms with Crippen molar-refractivity contribution in [3.05, 3.63) is 12.4 Å². The van der Waals surface area contributed by atoms with E-state index in [4.69, 9.17) is 4.74 Å². The summed E-state index contributed by atoms with van der Waals surface area (Å²) in [6.45, 7) is 4.51. The molecule has 0 radical (unpaired) electrons. The Morgan fingerprint density at radius 2 is 2.37 bits per heavy atom. The fourth-order valence-electron chi connectivity index (χ4n) is 2.03. The lowest BCUT2D eigenvalue weighted by atomic mass is 10.3. The molecule has 7 nitrogen and oxygen atoms in total. The zero-order chi connectivity index (χ0) is 13.9.